The molecule has 2 atom stereocenters. The van der Waals surface area contributed by atoms with E-state index < -0.39 is 0 Å². The Morgan fingerprint density at radius 1 is 1.19 bits per heavy atom. The molecule has 2 unspecified atom stereocenters. The highest BCUT2D eigenvalue weighted by Crippen LogP contribution is 2.22. The molecule has 7 nitrogen and oxygen atoms in total. The molecule has 0 aromatic rings. The third-order valence-corrected chi connectivity index (χ3v) is 5.74. The molecule has 8 heteroatoms. The number of rotatable bonds is 5. The smallest absolute Gasteiger partial charge is 0.191 e. The highest BCUT2D eigenvalue weighted by atomic mass is 127. The summed E-state index contributed by atoms with van der Waals surface area (Å²) in [7, 11) is 1.83. The van der Waals surface area contributed by atoms with Crippen LogP contribution in [0.1, 0.15) is 26.7 Å². The van der Waals surface area contributed by atoms with Gasteiger partial charge in [-0.05, 0) is 33.2 Å². The van der Waals surface area contributed by atoms with Crippen LogP contribution in [0, 0.1) is 0 Å². The largest absolute Gasteiger partial charge is 0.379 e. The van der Waals surface area contributed by atoms with Crippen molar-refractivity contribution in [3.05, 3.63) is 0 Å². The first-order valence-corrected chi connectivity index (χ1v) is 9.71. The fourth-order valence-corrected chi connectivity index (χ4v) is 4.02. The molecular formula is C18H36IN5O2. The van der Waals surface area contributed by atoms with Gasteiger partial charge < -0.3 is 20.1 Å². The molecule has 3 heterocycles. The molecule has 0 aliphatic carbocycles. The van der Waals surface area contributed by atoms with Crippen LogP contribution in [-0.4, -0.2) is 99.6 Å². The zero-order valence-corrected chi connectivity index (χ0v) is 18.8. The van der Waals surface area contributed by atoms with Crippen LogP contribution in [0.5, 0.6) is 0 Å². The molecule has 0 saturated carbocycles. The van der Waals surface area contributed by atoms with Gasteiger partial charge in [0.25, 0.3) is 0 Å². The molecule has 3 aliphatic heterocycles. The van der Waals surface area contributed by atoms with Crippen LogP contribution >= 0.6 is 24.0 Å². The number of guanidine groups is 1. The van der Waals surface area contributed by atoms with E-state index in [1.807, 2.05) is 7.05 Å². The lowest BCUT2D eigenvalue weighted by molar-refractivity contribution is -0.0453. The Morgan fingerprint density at radius 2 is 1.96 bits per heavy atom. The third kappa shape index (κ3) is 5.92. The van der Waals surface area contributed by atoms with Crippen molar-refractivity contribution in [2.75, 3.05) is 66.1 Å². The Kier molecular flexibility index (Phi) is 8.85. The van der Waals surface area contributed by atoms with Gasteiger partial charge >= 0.3 is 0 Å². The number of halogens is 1. The molecular weight excluding hydrogens is 445 g/mol. The average Bonchev–Trinajstić information content (AvgIpc) is 3.10. The summed E-state index contributed by atoms with van der Waals surface area (Å²) in [5.41, 5.74) is 0.0749. The second-order valence-corrected chi connectivity index (χ2v) is 7.96. The summed E-state index contributed by atoms with van der Waals surface area (Å²) >= 11 is 0. The van der Waals surface area contributed by atoms with E-state index in [1.165, 1.54) is 19.4 Å². The van der Waals surface area contributed by atoms with Gasteiger partial charge in [0.15, 0.2) is 5.96 Å². The van der Waals surface area contributed by atoms with Crippen LogP contribution in [0.4, 0.5) is 0 Å². The van der Waals surface area contributed by atoms with E-state index in [1.54, 1.807) is 0 Å². The number of fused-ring (bicyclic) bond motifs is 1. The van der Waals surface area contributed by atoms with Crippen molar-refractivity contribution in [2.45, 2.75) is 44.4 Å². The number of hydrogen-bond donors (Lipinski definition) is 2. The minimum absolute atomic E-state index is 0. The first-order valence-electron chi connectivity index (χ1n) is 9.71. The predicted molar refractivity (Wildman–Crippen MR) is 116 cm³/mol. The van der Waals surface area contributed by atoms with E-state index in [0.29, 0.717) is 6.04 Å². The quantitative estimate of drug-likeness (QED) is 0.344. The molecule has 0 aromatic heterocycles. The lowest BCUT2D eigenvalue weighted by atomic mass is 10.0. The van der Waals surface area contributed by atoms with E-state index in [4.69, 9.17) is 9.47 Å². The molecule has 0 aromatic carbocycles. The van der Waals surface area contributed by atoms with E-state index >= 15 is 0 Å². The van der Waals surface area contributed by atoms with E-state index in [0.717, 1.165) is 58.5 Å². The summed E-state index contributed by atoms with van der Waals surface area (Å²) in [6.45, 7) is 13.0. The standard InChI is InChI=1S/C18H35N5O2.HI/c1-18(2,23-7-9-24-10-8-23)14-21-17(19-3)20-11-16-12-22-6-4-5-15(22)13-25-16;/h15-16H,4-14H2,1-3H3,(H2,19,20,21);1H. The number of ether oxygens (including phenoxy) is 2. The van der Waals surface area contributed by atoms with Crippen LogP contribution < -0.4 is 10.6 Å². The summed E-state index contributed by atoms with van der Waals surface area (Å²) in [5.74, 6) is 0.855. The van der Waals surface area contributed by atoms with Crippen LogP contribution in [0.3, 0.4) is 0 Å². The minimum atomic E-state index is 0. The molecule has 0 spiro atoms. The van der Waals surface area contributed by atoms with Crippen molar-refractivity contribution in [1.82, 2.24) is 20.4 Å². The normalized spacial score (nSPS) is 28.3. The molecule has 152 valence electrons. The fraction of sp³-hybridized carbons (Fsp3) is 0.944. The molecule has 0 amide bonds. The van der Waals surface area contributed by atoms with Gasteiger partial charge in [0.2, 0.25) is 0 Å². The highest BCUT2D eigenvalue weighted by molar-refractivity contribution is 14.0. The van der Waals surface area contributed by atoms with Crippen LogP contribution in [-0.2, 0) is 9.47 Å². The van der Waals surface area contributed by atoms with Gasteiger partial charge in [-0.2, -0.15) is 0 Å². The van der Waals surface area contributed by atoms with Crippen molar-refractivity contribution < 1.29 is 9.47 Å². The monoisotopic (exact) mass is 481 g/mol. The maximum Gasteiger partial charge on any atom is 0.191 e. The predicted octanol–water partition coefficient (Wildman–Crippen LogP) is 0.743. The fourth-order valence-electron chi connectivity index (χ4n) is 4.02. The van der Waals surface area contributed by atoms with Crippen LogP contribution in [0.15, 0.2) is 4.99 Å². The van der Waals surface area contributed by atoms with Crippen molar-refractivity contribution in [1.29, 1.82) is 0 Å². The van der Waals surface area contributed by atoms with Crippen molar-refractivity contribution in [2.24, 2.45) is 4.99 Å². The molecule has 26 heavy (non-hydrogen) atoms. The lowest BCUT2D eigenvalue weighted by Crippen LogP contribution is -2.57. The number of aliphatic imine (C=N–C) groups is 1. The maximum absolute atomic E-state index is 6.02. The van der Waals surface area contributed by atoms with E-state index in [-0.39, 0.29) is 35.6 Å². The summed E-state index contributed by atoms with van der Waals surface area (Å²) in [5, 5.41) is 6.92. The molecule has 3 aliphatic rings. The second-order valence-electron chi connectivity index (χ2n) is 7.96. The van der Waals surface area contributed by atoms with Gasteiger partial charge in [-0.3, -0.25) is 14.8 Å². The van der Waals surface area contributed by atoms with Gasteiger partial charge in [-0.25, -0.2) is 0 Å². The first kappa shape index (κ1) is 22.1. The molecule has 3 saturated heterocycles. The minimum Gasteiger partial charge on any atom is -0.379 e. The molecule has 0 bridgehead atoms. The molecule has 3 rings (SSSR count). The average molecular weight is 481 g/mol. The summed E-state index contributed by atoms with van der Waals surface area (Å²) in [4.78, 5) is 9.43. The Labute approximate surface area is 175 Å². The molecule has 0 radical (unpaired) electrons. The van der Waals surface area contributed by atoms with Crippen LogP contribution in [0.25, 0.3) is 0 Å². The maximum atomic E-state index is 6.02. The lowest BCUT2D eigenvalue weighted by Gasteiger charge is -2.41. The Morgan fingerprint density at radius 3 is 2.69 bits per heavy atom. The zero-order valence-electron chi connectivity index (χ0n) is 16.5. The van der Waals surface area contributed by atoms with Gasteiger partial charge in [-0.15, -0.1) is 24.0 Å². The van der Waals surface area contributed by atoms with Crippen molar-refractivity contribution >= 4 is 29.9 Å². The highest BCUT2D eigenvalue weighted by Gasteiger charge is 2.32. The number of hydrogen-bond acceptors (Lipinski definition) is 5. The summed E-state index contributed by atoms with van der Waals surface area (Å²) in [6.07, 6.45) is 2.86. The third-order valence-electron chi connectivity index (χ3n) is 5.74. The second kappa shape index (κ2) is 10.4. The molecule has 3 fully saturated rings. The number of morpholine rings is 2. The Bertz CT molecular complexity index is 457. The number of nitrogens with one attached hydrogen (secondary N) is 2. The first-order chi connectivity index (χ1) is 12.1. The Hall–Kier alpha value is -0.160. The molecule has 2 N–H and O–H groups in total. The Balaban J connectivity index is 0.00000243. The van der Waals surface area contributed by atoms with E-state index in [9.17, 15) is 0 Å². The van der Waals surface area contributed by atoms with Gasteiger partial charge in [0, 0.05) is 51.4 Å². The van der Waals surface area contributed by atoms with Crippen molar-refractivity contribution in [3.8, 4) is 0 Å². The number of nitrogens with zero attached hydrogens (tertiary/aromatic N) is 3. The summed E-state index contributed by atoms with van der Waals surface area (Å²) in [6, 6.07) is 0.656. The zero-order chi connectivity index (χ0) is 17.7. The van der Waals surface area contributed by atoms with Gasteiger partial charge in [0.1, 0.15) is 0 Å². The summed E-state index contributed by atoms with van der Waals surface area (Å²) < 4.78 is 11.5. The SMILES string of the molecule is CN=C(NCC1CN2CCCC2CO1)NCC(C)(C)N1CCOCC1.I. The van der Waals surface area contributed by atoms with Crippen LogP contribution in [0.2, 0.25) is 0 Å². The van der Waals surface area contributed by atoms with E-state index in [2.05, 4.69) is 39.3 Å². The van der Waals surface area contributed by atoms with Gasteiger partial charge in [0.05, 0.1) is 25.9 Å². The van der Waals surface area contributed by atoms with Crippen molar-refractivity contribution in [3.63, 3.8) is 0 Å². The van der Waals surface area contributed by atoms with Gasteiger partial charge in [-0.1, -0.05) is 0 Å². The topological polar surface area (TPSA) is 61.4 Å².